The number of benzene rings is 3. The Labute approximate surface area is 169 Å². The number of phenolic OH excluding ortho intramolecular Hbond substituents is 2. The Morgan fingerprint density at radius 2 is 1.83 bits per heavy atom. The average molecular weight is 392 g/mol. The highest BCUT2D eigenvalue weighted by Gasteiger charge is 2.11. The van der Waals surface area contributed by atoms with Gasteiger partial charge in [0.25, 0.3) is 0 Å². The first-order chi connectivity index (χ1) is 14.0. The first-order valence-corrected chi connectivity index (χ1v) is 9.35. The number of phenols is 2. The lowest BCUT2D eigenvalue weighted by atomic mass is 10.0. The Bertz CT molecular complexity index is 1040. The number of ether oxygens (including phenoxy) is 1. The van der Waals surface area contributed by atoms with Gasteiger partial charge in [-0.05, 0) is 55.6 Å². The molecule has 0 bridgehead atoms. The molecule has 0 amide bonds. The monoisotopic (exact) mass is 392 g/mol. The van der Waals surface area contributed by atoms with E-state index < -0.39 is 5.97 Å². The summed E-state index contributed by atoms with van der Waals surface area (Å²) in [5.41, 5.74) is 1.07. The second-order valence-corrected chi connectivity index (χ2v) is 6.97. The quantitative estimate of drug-likeness (QED) is 0.359. The van der Waals surface area contributed by atoms with Crippen molar-refractivity contribution >= 4 is 28.6 Å². The third-order valence-electron chi connectivity index (χ3n) is 4.47. The van der Waals surface area contributed by atoms with Gasteiger partial charge in [-0.3, -0.25) is 4.99 Å². The second-order valence-electron chi connectivity index (χ2n) is 6.97. The number of rotatable bonds is 7. The highest BCUT2D eigenvalue weighted by atomic mass is 16.5. The minimum absolute atomic E-state index is 0.0647. The zero-order valence-corrected chi connectivity index (χ0v) is 16.5. The molecule has 0 aliphatic heterocycles. The van der Waals surface area contributed by atoms with Gasteiger partial charge in [0.15, 0.2) is 0 Å². The van der Waals surface area contributed by atoms with E-state index in [4.69, 9.17) is 4.74 Å². The zero-order valence-electron chi connectivity index (χ0n) is 16.5. The number of fused-ring (bicyclic) bond motifs is 1. The number of nitrogens with zero attached hydrogens (tertiary/aromatic N) is 2. The van der Waals surface area contributed by atoms with Gasteiger partial charge >= 0.3 is 5.97 Å². The van der Waals surface area contributed by atoms with E-state index in [0.717, 1.165) is 23.7 Å². The van der Waals surface area contributed by atoms with Gasteiger partial charge in [-0.15, -0.1) is 0 Å². The molecule has 6 nitrogen and oxygen atoms in total. The van der Waals surface area contributed by atoms with Gasteiger partial charge in [0.1, 0.15) is 17.2 Å². The van der Waals surface area contributed by atoms with Crippen molar-refractivity contribution in [2.45, 2.75) is 6.42 Å². The van der Waals surface area contributed by atoms with Gasteiger partial charge in [0.05, 0.1) is 12.2 Å². The molecule has 0 aliphatic rings. The number of hydrogen-bond acceptors (Lipinski definition) is 6. The van der Waals surface area contributed by atoms with Gasteiger partial charge in [-0.1, -0.05) is 30.3 Å². The summed E-state index contributed by atoms with van der Waals surface area (Å²) in [6.45, 7) is 1.15. The standard InChI is InChI=1S/C23H24N2O4/c1-25(2)12-5-13-29-23(28)17-9-11-22(27)20(14-17)24-15-19-18-7-4-3-6-16(18)8-10-21(19)26/h3-4,6-11,14-15,26-27H,5,12-13H2,1-2H3. The molecule has 0 saturated heterocycles. The fourth-order valence-electron chi connectivity index (χ4n) is 2.94. The normalized spacial score (nSPS) is 11.4. The van der Waals surface area contributed by atoms with E-state index in [1.54, 1.807) is 6.07 Å². The number of esters is 1. The molecule has 150 valence electrons. The number of carbonyl (C=O) groups is 1. The molecule has 0 aliphatic carbocycles. The van der Waals surface area contributed by atoms with E-state index in [2.05, 4.69) is 4.99 Å². The Morgan fingerprint density at radius 1 is 1.07 bits per heavy atom. The SMILES string of the molecule is CN(C)CCCOC(=O)c1ccc(O)c(N=Cc2c(O)ccc3ccccc23)c1. The van der Waals surface area contributed by atoms with Crippen molar-refractivity contribution in [3.63, 3.8) is 0 Å². The van der Waals surface area contributed by atoms with Crippen LogP contribution in [0.15, 0.2) is 59.6 Å². The van der Waals surface area contributed by atoms with Crippen LogP contribution in [0.2, 0.25) is 0 Å². The fourth-order valence-corrected chi connectivity index (χ4v) is 2.94. The Hall–Kier alpha value is -3.38. The highest BCUT2D eigenvalue weighted by Crippen LogP contribution is 2.30. The number of hydrogen-bond donors (Lipinski definition) is 2. The molecule has 0 aromatic heterocycles. The van der Waals surface area contributed by atoms with Crippen molar-refractivity contribution in [1.29, 1.82) is 0 Å². The van der Waals surface area contributed by atoms with E-state index in [1.807, 2.05) is 49.3 Å². The third-order valence-corrected chi connectivity index (χ3v) is 4.47. The maximum Gasteiger partial charge on any atom is 0.338 e. The smallest absolute Gasteiger partial charge is 0.338 e. The highest BCUT2D eigenvalue weighted by molar-refractivity contribution is 6.03. The molecule has 3 aromatic carbocycles. The molecular weight excluding hydrogens is 368 g/mol. The maximum absolute atomic E-state index is 12.2. The molecule has 0 unspecified atom stereocenters. The van der Waals surface area contributed by atoms with Crippen LogP contribution < -0.4 is 0 Å². The topological polar surface area (TPSA) is 82.4 Å². The van der Waals surface area contributed by atoms with Crippen LogP contribution in [0.5, 0.6) is 11.5 Å². The van der Waals surface area contributed by atoms with Crippen molar-refractivity contribution < 1.29 is 19.7 Å². The van der Waals surface area contributed by atoms with Crippen molar-refractivity contribution in [2.75, 3.05) is 27.2 Å². The maximum atomic E-state index is 12.2. The van der Waals surface area contributed by atoms with Crippen molar-refractivity contribution in [3.05, 3.63) is 65.7 Å². The van der Waals surface area contributed by atoms with E-state index >= 15 is 0 Å². The lowest BCUT2D eigenvalue weighted by molar-refractivity contribution is 0.0493. The number of carbonyl (C=O) groups excluding carboxylic acids is 1. The summed E-state index contributed by atoms with van der Waals surface area (Å²) < 4.78 is 5.27. The predicted molar refractivity (Wildman–Crippen MR) is 114 cm³/mol. The van der Waals surface area contributed by atoms with Crippen LogP contribution >= 0.6 is 0 Å². The van der Waals surface area contributed by atoms with Crippen LogP contribution in [0.25, 0.3) is 10.8 Å². The van der Waals surface area contributed by atoms with Crippen LogP contribution in [-0.4, -0.2) is 54.5 Å². The average Bonchev–Trinajstić information content (AvgIpc) is 2.71. The zero-order chi connectivity index (χ0) is 20.8. The van der Waals surface area contributed by atoms with Gasteiger partial charge in [-0.2, -0.15) is 0 Å². The van der Waals surface area contributed by atoms with Gasteiger partial charge in [0.2, 0.25) is 0 Å². The summed E-state index contributed by atoms with van der Waals surface area (Å²) in [4.78, 5) is 18.6. The fraction of sp³-hybridized carbons (Fsp3) is 0.217. The van der Waals surface area contributed by atoms with Crippen LogP contribution in [0, 0.1) is 0 Å². The van der Waals surface area contributed by atoms with Crippen molar-refractivity contribution in [2.24, 2.45) is 4.99 Å². The Balaban J connectivity index is 1.81. The minimum Gasteiger partial charge on any atom is -0.507 e. The molecule has 0 saturated carbocycles. The Kier molecular flexibility index (Phi) is 6.46. The summed E-state index contributed by atoms with van der Waals surface area (Å²) in [7, 11) is 3.92. The summed E-state index contributed by atoms with van der Waals surface area (Å²) in [6, 6.07) is 15.4. The number of aromatic hydroxyl groups is 2. The molecule has 3 rings (SSSR count). The van der Waals surface area contributed by atoms with Crippen molar-refractivity contribution in [1.82, 2.24) is 4.90 Å². The molecule has 29 heavy (non-hydrogen) atoms. The van der Waals surface area contributed by atoms with Crippen LogP contribution in [0.3, 0.4) is 0 Å². The van der Waals surface area contributed by atoms with E-state index in [9.17, 15) is 15.0 Å². The van der Waals surface area contributed by atoms with Gasteiger partial charge < -0.3 is 19.8 Å². The van der Waals surface area contributed by atoms with Crippen LogP contribution in [-0.2, 0) is 4.74 Å². The molecular formula is C23H24N2O4. The first kappa shape index (κ1) is 20.4. The molecule has 3 aromatic rings. The summed E-state index contributed by atoms with van der Waals surface area (Å²) in [6.07, 6.45) is 2.22. The minimum atomic E-state index is -0.465. The van der Waals surface area contributed by atoms with E-state index in [1.165, 1.54) is 24.4 Å². The van der Waals surface area contributed by atoms with Gasteiger partial charge in [-0.25, -0.2) is 4.79 Å². The van der Waals surface area contributed by atoms with Crippen LogP contribution in [0.4, 0.5) is 5.69 Å². The third kappa shape index (κ3) is 5.12. The van der Waals surface area contributed by atoms with Gasteiger partial charge in [0, 0.05) is 18.3 Å². The lowest BCUT2D eigenvalue weighted by Crippen LogP contribution is -2.16. The summed E-state index contributed by atoms with van der Waals surface area (Å²) in [5.74, 6) is -0.443. The Morgan fingerprint density at radius 3 is 2.62 bits per heavy atom. The molecule has 0 atom stereocenters. The molecule has 0 spiro atoms. The first-order valence-electron chi connectivity index (χ1n) is 9.35. The molecule has 0 fully saturated rings. The summed E-state index contributed by atoms with van der Waals surface area (Å²) in [5, 5.41) is 22.1. The summed E-state index contributed by atoms with van der Waals surface area (Å²) >= 11 is 0. The molecule has 6 heteroatoms. The second kappa shape index (κ2) is 9.21. The van der Waals surface area contributed by atoms with Crippen molar-refractivity contribution in [3.8, 4) is 11.5 Å². The molecule has 0 radical (unpaired) electrons. The number of aliphatic imine (C=N–C) groups is 1. The predicted octanol–water partition coefficient (Wildman–Crippen LogP) is 4.11. The van der Waals surface area contributed by atoms with E-state index in [-0.39, 0.29) is 17.2 Å². The van der Waals surface area contributed by atoms with E-state index in [0.29, 0.717) is 17.7 Å². The molecule has 0 heterocycles. The largest absolute Gasteiger partial charge is 0.507 e. The van der Waals surface area contributed by atoms with Crippen LogP contribution in [0.1, 0.15) is 22.3 Å². The molecule has 2 N–H and O–H groups in total. The lowest BCUT2D eigenvalue weighted by Gasteiger charge is -2.10.